The van der Waals surface area contributed by atoms with Gasteiger partial charge in [-0.25, -0.2) is 4.39 Å². The maximum atomic E-state index is 13.1. The third-order valence-electron chi connectivity index (χ3n) is 4.01. The number of likely N-dealkylation sites (N-methyl/N-ethyl adjacent to an activating group) is 1. The monoisotopic (exact) mass is 266 g/mol. The van der Waals surface area contributed by atoms with E-state index in [0.29, 0.717) is 6.04 Å². The summed E-state index contributed by atoms with van der Waals surface area (Å²) in [4.78, 5) is 2.29. The number of hydrogen-bond acceptors (Lipinski definition) is 2. The number of nitrogens with zero attached hydrogens (tertiary/aromatic N) is 1. The van der Waals surface area contributed by atoms with Gasteiger partial charge in [0.2, 0.25) is 0 Å². The predicted molar refractivity (Wildman–Crippen MR) is 79.5 cm³/mol. The van der Waals surface area contributed by atoms with Gasteiger partial charge in [-0.3, -0.25) is 4.90 Å². The van der Waals surface area contributed by atoms with Crippen LogP contribution in [-0.2, 0) is 0 Å². The second-order valence-corrected chi connectivity index (χ2v) is 6.56. The van der Waals surface area contributed by atoms with Crippen LogP contribution < -0.4 is 5.73 Å². The highest BCUT2D eigenvalue weighted by Gasteiger charge is 2.31. The summed E-state index contributed by atoms with van der Waals surface area (Å²) in [5, 5.41) is 0. The van der Waals surface area contributed by atoms with Crippen molar-refractivity contribution in [3.05, 3.63) is 35.6 Å². The van der Waals surface area contributed by atoms with Gasteiger partial charge in [-0.05, 0) is 44.0 Å². The van der Waals surface area contributed by atoms with E-state index in [9.17, 15) is 4.39 Å². The van der Waals surface area contributed by atoms with Gasteiger partial charge in [-0.2, -0.15) is 0 Å². The van der Waals surface area contributed by atoms with Crippen molar-refractivity contribution in [3.8, 4) is 0 Å². The fourth-order valence-electron chi connectivity index (χ4n) is 2.42. The van der Waals surface area contributed by atoms with E-state index in [1.807, 2.05) is 19.1 Å². The average Bonchev–Trinajstić information content (AvgIpc) is 2.29. The van der Waals surface area contributed by atoms with E-state index in [4.69, 9.17) is 5.73 Å². The molecule has 108 valence electrons. The molecule has 2 N–H and O–H groups in total. The van der Waals surface area contributed by atoms with Crippen LogP contribution in [0.25, 0.3) is 0 Å². The van der Waals surface area contributed by atoms with Crippen molar-refractivity contribution in [2.75, 3.05) is 7.05 Å². The molecule has 3 heteroatoms. The predicted octanol–water partition coefficient (Wildman–Crippen LogP) is 3.58. The normalized spacial score (nSPS) is 17.3. The zero-order chi connectivity index (χ0) is 14.8. The van der Waals surface area contributed by atoms with Gasteiger partial charge in [0.15, 0.2) is 0 Å². The van der Waals surface area contributed by atoms with Gasteiger partial charge in [-0.15, -0.1) is 0 Å². The van der Waals surface area contributed by atoms with Crippen LogP contribution in [0, 0.1) is 11.2 Å². The van der Waals surface area contributed by atoms with Gasteiger partial charge in [0, 0.05) is 18.1 Å². The lowest BCUT2D eigenvalue weighted by Crippen LogP contribution is -2.46. The molecule has 0 saturated heterocycles. The summed E-state index contributed by atoms with van der Waals surface area (Å²) in [5.41, 5.74) is 7.39. The summed E-state index contributed by atoms with van der Waals surface area (Å²) in [7, 11) is 2.09. The Morgan fingerprint density at radius 1 is 1.11 bits per heavy atom. The zero-order valence-corrected chi connectivity index (χ0v) is 12.9. The van der Waals surface area contributed by atoms with Crippen LogP contribution in [0.5, 0.6) is 0 Å². The quantitative estimate of drug-likeness (QED) is 0.902. The van der Waals surface area contributed by atoms with Gasteiger partial charge in [0.05, 0.1) is 0 Å². The van der Waals surface area contributed by atoms with Gasteiger partial charge < -0.3 is 5.73 Å². The molecule has 0 saturated carbocycles. The lowest BCUT2D eigenvalue weighted by atomic mass is 9.85. The fraction of sp³-hybridized carbons (Fsp3) is 0.625. The molecule has 1 aromatic rings. The van der Waals surface area contributed by atoms with Gasteiger partial charge >= 0.3 is 0 Å². The van der Waals surface area contributed by atoms with E-state index >= 15 is 0 Å². The first-order valence-corrected chi connectivity index (χ1v) is 6.87. The number of rotatable bonds is 4. The highest BCUT2D eigenvalue weighted by molar-refractivity contribution is 5.21. The molecule has 0 aliphatic rings. The largest absolute Gasteiger partial charge is 0.326 e. The topological polar surface area (TPSA) is 29.3 Å². The fourth-order valence-corrected chi connectivity index (χ4v) is 2.42. The van der Waals surface area contributed by atoms with E-state index in [-0.39, 0.29) is 23.3 Å². The number of benzene rings is 1. The molecular formula is C16H27FN2. The molecule has 0 heterocycles. The molecule has 1 aromatic carbocycles. The van der Waals surface area contributed by atoms with Crippen LogP contribution in [0.1, 0.15) is 46.2 Å². The molecule has 0 fully saturated rings. The molecule has 0 aliphatic heterocycles. The van der Waals surface area contributed by atoms with Crippen molar-refractivity contribution < 1.29 is 4.39 Å². The number of hydrogen-bond donors (Lipinski definition) is 1. The van der Waals surface area contributed by atoms with Crippen LogP contribution >= 0.6 is 0 Å². The molecule has 3 atom stereocenters. The second-order valence-electron chi connectivity index (χ2n) is 6.56. The summed E-state index contributed by atoms with van der Waals surface area (Å²) in [5.74, 6) is -0.210. The molecule has 0 radical (unpaired) electrons. The lowest BCUT2D eigenvalue weighted by molar-refractivity contribution is 0.0867. The lowest BCUT2D eigenvalue weighted by Gasteiger charge is -2.42. The molecule has 0 amide bonds. The molecule has 1 rings (SSSR count). The Bertz CT molecular complexity index is 392. The molecule has 2 nitrogen and oxygen atoms in total. The minimum Gasteiger partial charge on any atom is -0.326 e. The Labute approximate surface area is 116 Å². The Hall–Kier alpha value is -0.930. The number of halogens is 1. The highest BCUT2D eigenvalue weighted by atomic mass is 19.1. The highest BCUT2D eigenvalue weighted by Crippen LogP contribution is 2.31. The third-order valence-corrected chi connectivity index (χ3v) is 4.01. The first-order valence-electron chi connectivity index (χ1n) is 6.87. The molecule has 0 aliphatic carbocycles. The Kier molecular flexibility index (Phi) is 5.11. The van der Waals surface area contributed by atoms with E-state index in [0.717, 1.165) is 5.56 Å². The van der Waals surface area contributed by atoms with E-state index in [1.165, 1.54) is 12.1 Å². The van der Waals surface area contributed by atoms with Crippen LogP contribution in [-0.4, -0.2) is 24.0 Å². The Balaban J connectivity index is 3.04. The average molecular weight is 266 g/mol. The minimum absolute atomic E-state index is 0.0136. The summed E-state index contributed by atoms with van der Waals surface area (Å²) in [6.45, 7) is 10.9. The first kappa shape index (κ1) is 16.1. The summed E-state index contributed by atoms with van der Waals surface area (Å²) in [6, 6.07) is 7.11. The van der Waals surface area contributed by atoms with Crippen LogP contribution in [0.2, 0.25) is 0 Å². The zero-order valence-electron chi connectivity index (χ0n) is 12.9. The molecule has 19 heavy (non-hydrogen) atoms. The van der Waals surface area contributed by atoms with Gasteiger partial charge in [-0.1, -0.05) is 32.9 Å². The van der Waals surface area contributed by atoms with Crippen molar-refractivity contribution in [3.63, 3.8) is 0 Å². The smallest absolute Gasteiger partial charge is 0.123 e. The van der Waals surface area contributed by atoms with Crippen LogP contribution in [0.15, 0.2) is 24.3 Å². The molecule has 0 aromatic heterocycles. The minimum atomic E-state index is -0.210. The van der Waals surface area contributed by atoms with E-state index in [2.05, 4.69) is 39.6 Å². The maximum Gasteiger partial charge on any atom is 0.123 e. The van der Waals surface area contributed by atoms with E-state index < -0.39 is 0 Å². The van der Waals surface area contributed by atoms with Crippen LogP contribution in [0.3, 0.4) is 0 Å². The third kappa shape index (κ3) is 4.02. The van der Waals surface area contributed by atoms with Gasteiger partial charge in [0.25, 0.3) is 0 Å². The Morgan fingerprint density at radius 3 is 1.95 bits per heavy atom. The molecule has 3 unspecified atom stereocenters. The first-order chi connectivity index (χ1) is 8.64. The van der Waals surface area contributed by atoms with Gasteiger partial charge in [0.1, 0.15) is 5.82 Å². The van der Waals surface area contributed by atoms with Crippen molar-refractivity contribution >= 4 is 0 Å². The standard InChI is InChI=1S/C16H27FN2/c1-11(18)15(13-7-9-14(17)10-8-13)19(6)12(2)16(3,4)5/h7-12,15H,18H2,1-6H3. The summed E-state index contributed by atoms with van der Waals surface area (Å²) < 4.78 is 13.1. The SMILES string of the molecule is CC(N)C(c1ccc(F)cc1)N(C)C(C)C(C)(C)C. The van der Waals surface area contributed by atoms with Crippen molar-refractivity contribution in [2.45, 2.75) is 52.7 Å². The van der Waals surface area contributed by atoms with Crippen molar-refractivity contribution in [1.82, 2.24) is 4.90 Å². The number of nitrogens with two attached hydrogens (primary N) is 1. The maximum absolute atomic E-state index is 13.1. The van der Waals surface area contributed by atoms with Crippen LogP contribution in [0.4, 0.5) is 4.39 Å². The Morgan fingerprint density at radius 2 is 1.58 bits per heavy atom. The molecule has 0 bridgehead atoms. The summed E-state index contributed by atoms with van der Waals surface area (Å²) >= 11 is 0. The van der Waals surface area contributed by atoms with Crippen molar-refractivity contribution in [2.24, 2.45) is 11.1 Å². The van der Waals surface area contributed by atoms with Crippen molar-refractivity contribution in [1.29, 1.82) is 0 Å². The van der Waals surface area contributed by atoms with E-state index in [1.54, 1.807) is 0 Å². The second kappa shape index (κ2) is 6.02. The summed E-state index contributed by atoms with van der Waals surface area (Å²) in [6.07, 6.45) is 0. The molecular weight excluding hydrogens is 239 g/mol. The molecule has 0 spiro atoms.